The average Bonchev–Trinajstić information content (AvgIpc) is 3.23. The highest BCUT2D eigenvalue weighted by Gasteiger charge is 2.39. The molecule has 2 amide bonds. The minimum atomic E-state index is -0.438. The number of carbonyl (C=O) groups is 3. The van der Waals surface area contributed by atoms with Crippen molar-refractivity contribution in [3.63, 3.8) is 0 Å². The fourth-order valence-corrected chi connectivity index (χ4v) is 4.04. The molecule has 1 aromatic heterocycles. The first-order valence-corrected chi connectivity index (χ1v) is 10.4. The maximum atomic E-state index is 13.2. The molecule has 0 unspecified atom stereocenters. The van der Waals surface area contributed by atoms with Crippen LogP contribution in [-0.2, 0) is 14.3 Å². The van der Waals surface area contributed by atoms with Gasteiger partial charge in [-0.25, -0.2) is 0 Å². The Bertz CT molecular complexity index is 1030. The van der Waals surface area contributed by atoms with Gasteiger partial charge in [0.2, 0.25) is 0 Å². The van der Waals surface area contributed by atoms with Crippen LogP contribution in [0.3, 0.4) is 0 Å². The highest BCUT2D eigenvalue weighted by atomic mass is 16.6. The zero-order valence-corrected chi connectivity index (χ0v) is 18.1. The summed E-state index contributed by atoms with van der Waals surface area (Å²) in [5, 5.41) is 6.42. The Morgan fingerprint density at radius 2 is 2.09 bits per heavy atom. The van der Waals surface area contributed by atoms with Gasteiger partial charge in [0.05, 0.1) is 31.2 Å². The Balaban J connectivity index is 1.51. The lowest BCUT2D eigenvalue weighted by Crippen LogP contribution is -2.53. The molecule has 1 saturated heterocycles. The Morgan fingerprint density at radius 3 is 2.81 bits per heavy atom. The molecule has 0 saturated carbocycles. The fourth-order valence-electron chi connectivity index (χ4n) is 4.04. The third-order valence-corrected chi connectivity index (χ3v) is 5.75. The van der Waals surface area contributed by atoms with Gasteiger partial charge in [-0.15, -0.1) is 0 Å². The summed E-state index contributed by atoms with van der Waals surface area (Å²) in [6, 6.07) is 6.21. The second-order valence-corrected chi connectivity index (χ2v) is 7.94. The van der Waals surface area contributed by atoms with Crippen LogP contribution in [0.5, 0.6) is 5.75 Å². The van der Waals surface area contributed by atoms with E-state index in [0.29, 0.717) is 35.6 Å². The minimum absolute atomic E-state index is 0.151. The van der Waals surface area contributed by atoms with E-state index in [2.05, 4.69) is 10.5 Å². The van der Waals surface area contributed by atoms with E-state index in [-0.39, 0.29) is 48.8 Å². The molecule has 32 heavy (non-hydrogen) atoms. The first-order chi connectivity index (χ1) is 15.4. The van der Waals surface area contributed by atoms with Crippen molar-refractivity contribution in [2.45, 2.75) is 44.4 Å². The van der Waals surface area contributed by atoms with E-state index in [0.717, 1.165) is 0 Å². The second kappa shape index (κ2) is 8.99. The zero-order valence-electron chi connectivity index (χ0n) is 18.1. The van der Waals surface area contributed by atoms with Crippen molar-refractivity contribution >= 4 is 23.5 Å². The van der Waals surface area contributed by atoms with Crippen LogP contribution < -0.4 is 10.1 Å². The fraction of sp³-hybridized carbons (Fsp3) is 0.455. The molecule has 0 radical (unpaired) electrons. The van der Waals surface area contributed by atoms with E-state index >= 15 is 0 Å². The largest absolute Gasteiger partial charge is 0.490 e. The number of methoxy groups -OCH3 is 1. The molecular weight excluding hydrogens is 418 g/mol. The molecule has 2 aliphatic rings. The monoisotopic (exact) mass is 443 g/mol. The number of fused-ring (bicyclic) bond motifs is 2. The molecule has 1 aromatic carbocycles. The van der Waals surface area contributed by atoms with E-state index in [9.17, 15) is 14.4 Å². The van der Waals surface area contributed by atoms with Gasteiger partial charge in [-0.05, 0) is 38.0 Å². The molecule has 2 aromatic rings. The molecule has 1 N–H and O–H groups in total. The molecular formula is C22H25N3O7. The summed E-state index contributed by atoms with van der Waals surface area (Å²) in [6.07, 6.45) is 0.841. The Hall–Kier alpha value is -3.40. The van der Waals surface area contributed by atoms with Crippen LogP contribution in [0.15, 0.2) is 28.8 Å². The van der Waals surface area contributed by atoms with Crippen LogP contribution in [-0.4, -0.2) is 66.9 Å². The van der Waals surface area contributed by atoms with Crippen LogP contribution in [0.1, 0.15) is 45.9 Å². The number of anilines is 1. The lowest BCUT2D eigenvalue weighted by Gasteiger charge is -2.42. The number of hydrogen-bond donors (Lipinski definition) is 1. The van der Waals surface area contributed by atoms with E-state index in [1.54, 1.807) is 37.1 Å². The number of esters is 1. The molecule has 4 rings (SSSR count). The second-order valence-electron chi connectivity index (χ2n) is 7.94. The number of nitrogens with one attached hydrogen (secondary N) is 1. The lowest BCUT2D eigenvalue weighted by atomic mass is 9.94. The molecule has 3 atom stereocenters. The summed E-state index contributed by atoms with van der Waals surface area (Å²) < 4.78 is 21.6. The summed E-state index contributed by atoms with van der Waals surface area (Å²) in [5.41, 5.74) is 0.935. The van der Waals surface area contributed by atoms with Gasteiger partial charge in [0.1, 0.15) is 24.2 Å². The SMILES string of the molecule is COC(=O)C[C@@H]1CC[C@@H]2[C@H](COc3ccc(NC(=O)c4cc(C)on4)cc3C(=O)N2C)O1. The molecule has 0 spiro atoms. The molecule has 3 heterocycles. The minimum Gasteiger partial charge on any atom is -0.490 e. The summed E-state index contributed by atoms with van der Waals surface area (Å²) in [6.45, 7) is 1.93. The lowest BCUT2D eigenvalue weighted by molar-refractivity contribution is -0.151. The summed E-state index contributed by atoms with van der Waals surface area (Å²) in [7, 11) is 3.07. The van der Waals surface area contributed by atoms with Crippen LogP contribution in [0.25, 0.3) is 0 Å². The molecule has 10 heteroatoms. The summed E-state index contributed by atoms with van der Waals surface area (Å²) in [4.78, 5) is 38.9. The Morgan fingerprint density at radius 1 is 1.28 bits per heavy atom. The van der Waals surface area contributed by atoms with E-state index < -0.39 is 5.91 Å². The first-order valence-electron chi connectivity index (χ1n) is 10.4. The van der Waals surface area contributed by atoms with Gasteiger partial charge in [-0.1, -0.05) is 5.16 Å². The van der Waals surface area contributed by atoms with Crippen LogP contribution in [0.4, 0.5) is 5.69 Å². The van der Waals surface area contributed by atoms with Crippen LogP contribution in [0, 0.1) is 6.92 Å². The normalized spacial score (nSPS) is 22.7. The molecule has 0 aliphatic carbocycles. The van der Waals surface area contributed by atoms with Crippen LogP contribution in [0.2, 0.25) is 0 Å². The number of aromatic nitrogens is 1. The van der Waals surface area contributed by atoms with Gasteiger partial charge < -0.3 is 29.0 Å². The number of benzene rings is 1. The van der Waals surface area contributed by atoms with Crippen molar-refractivity contribution in [3.05, 3.63) is 41.3 Å². The standard InChI is InChI=1S/C22H25N3O7/c1-12-8-16(24-32-12)21(27)23-13-4-7-18-15(9-13)22(28)25(2)17-6-5-14(10-20(26)29-3)31-19(17)11-30-18/h4,7-9,14,17,19H,5-6,10-11H2,1-3H3,(H,23,27)/t14-,17+,19-/m0/s1. The Kier molecular flexibility index (Phi) is 6.13. The number of aryl methyl sites for hydroxylation is 1. The molecule has 170 valence electrons. The van der Waals surface area contributed by atoms with Gasteiger partial charge in [0.25, 0.3) is 11.8 Å². The van der Waals surface area contributed by atoms with Crippen molar-refractivity contribution in [3.8, 4) is 5.75 Å². The van der Waals surface area contributed by atoms with Gasteiger partial charge in [-0.3, -0.25) is 14.4 Å². The van der Waals surface area contributed by atoms with Crippen molar-refractivity contribution < 1.29 is 33.1 Å². The Labute approximate surface area is 184 Å². The van der Waals surface area contributed by atoms with Gasteiger partial charge in [-0.2, -0.15) is 0 Å². The van der Waals surface area contributed by atoms with Crippen molar-refractivity contribution in [2.75, 3.05) is 26.1 Å². The molecule has 10 nitrogen and oxygen atoms in total. The van der Waals surface area contributed by atoms with E-state index in [4.69, 9.17) is 18.7 Å². The van der Waals surface area contributed by atoms with Crippen LogP contribution >= 0.6 is 0 Å². The first kappa shape index (κ1) is 21.8. The highest BCUT2D eigenvalue weighted by molar-refractivity contribution is 6.04. The van der Waals surface area contributed by atoms with E-state index in [1.165, 1.54) is 13.2 Å². The third-order valence-electron chi connectivity index (χ3n) is 5.75. The van der Waals surface area contributed by atoms with Crippen molar-refractivity contribution in [2.24, 2.45) is 0 Å². The molecule has 2 aliphatic heterocycles. The topological polar surface area (TPSA) is 120 Å². The third kappa shape index (κ3) is 4.45. The zero-order chi connectivity index (χ0) is 22.8. The van der Waals surface area contributed by atoms with Gasteiger partial charge in [0, 0.05) is 18.8 Å². The van der Waals surface area contributed by atoms with Gasteiger partial charge in [0.15, 0.2) is 5.69 Å². The highest BCUT2D eigenvalue weighted by Crippen LogP contribution is 2.32. The average molecular weight is 443 g/mol. The quantitative estimate of drug-likeness (QED) is 0.714. The molecule has 0 bridgehead atoms. The summed E-state index contributed by atoms with van der Waals surface area (Å²) >= 11 is 0. The summed E-state index contributed by atoms with van der Waals surface area (Å²) in [5.74, 6) is -0.0823. The smallest absolute Gasteiger partial charge is 0.308 e. The molecule has 1 fully saturated rings. The predicted octanol–water partition coefficient (Wildman–Crippen LogP) is 2.18. The number of ether oxygens (including phenoxy) is 3. The number of hydrogen-bond acceptors (Lipinski definition) is 8. The van der Waals surface area contributed by atoms with Gasteiger partial charge >= 0.3 is 5.97 Å². The number of nitrogens with zero attached hydrogens (tertiary/aromatic N) is 2. The van der Waals surface area contributed by atoms with Crippen molar-refractivity contribution in [1.29, 1.82) is 0 Å². The number of carbonyl (C=O) groups excluding carboxylic acids is 3. The maximum absolute atomic E-state index is 13.2. The number of likely N-dealkylation sites (N-methyl/N-ethyl adjacent to an activating group) is 1. The number of amides is 2. The maximum Gasteiger partial charge on any atom is 0.308 e. The predicted molar refractivity (Wildman–Crippen MR) is 112 cm³/mol. The van der Waals surface area contributed by atoms with Crippen molar-refractivity contribution in [1.82, 2.24) is 10.1 Å². The van der Waals surface area contributed by atoms with E-state index in [1.807, 2.05) is 0 Å². The number of rotatable bonds is 4.